The molecule has 3 atom stereocenters. The van der Waals surface area contributed by atoms with E-state index in [2.05, 4.69) is 12.1 Å². The molecule has 0 N–H and O–H groups in total. The van der Waals surface area contributed by atoms with Crippen molar-refractivity contribution in [3.05, 3.63) is 120 Å². The number of nitriles is 2. The van der Waals surface area contributed by atoms with Gasteiger partial charge in [-0.25, -0.2) is 4.39 Å². The number of rotatable bonds is 3. The van der Waals surface area contributed by atoms with Gasteiger partial charge in [0.1, 0.15) is 11.9 Å². The number of anilines is 1. The SMILES string of the molecule is N#CC1(C#N)[C@H](c2ccc(F)cc2)[C@H](C(=O)c2ccccc2)N2c3ccc4ccccc4c3C=C[C@H]21. The quantitative estimate of drug-likeness (QED) is 0.332. The van der Waals surface area contributed by atoms with E-state index in [0.717, 1.165) is 22.0 Å². The highest BCUT2D eigenvalue weighted by molar-refractivity contribution is 6.06. The predicted molar refractivity (Wildman–Crippen MR) is 137 cm³/mol. The Kier molecular flexibility index (Phi) is 4.95. The Hall–Kier alpha value is -4.74. The number of nitrogens with zero attached hydrogens (tertiary/aromatic N) is 3. The summed E-state index contributed by atoms with van der Waals surface area (Å²) < 4.78 is 13.9. The average molecular weight is 470 g/mol. The van der Waals surface area contributed by atoms with Gasteiger partial charge in [0.2, 0.25) is 0 Å². The first kappa shape index (κ1) is 21.8. The molecule has 1 saturated heterocycles. The van der Waals surface area contributed by atoms with Crippen LogP contribution in [-0.2, 0) is 0 Å². The molecule has 0 aromatic heterocycles. The Morgan fingerprint density at radius 2 is 1.56 bits per heavy atom. The molecule has 4 nitrogen and oxygen atoms in total. The van der Waals surface area contributed by atoms with E-state index in [-0.39, 0.29) is 5.78 Å². The van der Waals surface area contributed by atoms with Gasteiger partial charge >= 0.3 is 0 Å². The lowest BCUT2D eigenvalue weighted by atomic mass is 9.69. The van der Waals surface area contributed by atoms with Crippen LogP contribution in [0.25, 0.3) is 16.8 Å². The van der Waals surface area contributed by atoms with E-state index in [4.69, 9.17) is 0 Å². The van der Waals surface area contributed by atoms with Crippen LogP contribution in [0.15, 0.2) is 97.1 Å². The Morgan fingerprint density at radius 1 is 0.861 bits per heavy atom. The van der Waals surface area contributed by atoms with Crippen LogP contribution in [0.3, 0.4) is 0 Å². The first-order valence-corrected chi connectivity index (χ1v) is 11.7. The van der Waals surface area contributed by atoms with Gasteiger partial charge in [-0.05, 0) is 34.5 Å². The molecule has 172 valence electrons. The lowest BCUT2D eigenvalue weighted by Crippen LogP contribution is -2.44. The minimum Gasteiger partial charge on any atom is -0.351 e. The fourth-order valence-electron chi connectivity index (χ4n) is 5.86. The average Bonchev–Trinajstić information content (AvgIpc) is 3.24. The molecule has 4 aromatic carbocycles. The molecule has 2 aliphatic heterocycles. The first-order chi connectivity index (χ1) is 17.6. The number of halogens is 1. The number of hydrogen-bond donors (Lipinski definition) is 0. The van der Waals surface area contributed by atoms with Gasteiger partial charge in [0, 0.05) is 22.7 Å². The smallest absolute Gasteiger partial charge is 0.185 e. The second-order valence-corrected chi connectivity index (χ2v) is 9.23. The van der Waals surface area contributed by atoms with Crippen molar-refractivity contribution in [2.24, 2.45) is 5.41 Å². The lowest BCUT2D eigenvalue weighted by Gasteiger charge is -2.36. The van der Waals surface area contributed by atoms with Crippen molar-refractivity contribution >= 4 is 28.3 Å². The molecule has 0 spiro atoms. The van der Waals surface area contributed by atoms with Gasteiger partial charge in [-0.2, -0.15) is 10.5 Å². The zero-order chi connectivity index (χ0) is 24.9. The molecule has 0 unspecified atom stereocenters. The van der Waals surface area contributed by atoms with Crippen LogP contribution in [0.4, 0.5) is 10.1 Å². The molecule has 0 bridgehead atoms. The van der Waals surface area contributed by atoms with E-state index in [0.29, 0.717) is 11.1 Å². The zero-order valence-electron chi connectivity index (χ0n) is 19.2. The molecule has 36 heavy (non-hydrogen) atoms. The van der Waals surface area contributed by atoms with Crippen molar-refractivity contribution in [1.29, 1.82) is 10.5 Å². The van der Waals surface area contributed by atoms with E-state index < -0.39 is 29.2 Å². The molecule has 1 fully saturated rings. The number of benzene rings is 4. The summed E-state index contributed by atoms with van der Waals surface area (Å²) in [5, 5.41) is 23.1. The lowest BCUT2D eigenvalue weighted by molar-refractivity contribution is 0.0951. The topological polar surface area (TPSA) is 67.9 Å². The summed E-state index contributed by atoms with van der Waals surface area (Å²) in [6.07, 6.45) is 3.83. The molecule has 0 amide bonds. The van der Waals surface area contributed by atoms with Crippen molar-refractivity contribution in [1.82, 2.24) is 0 Å². The highest BCUT2D eigenvalue weighted by atomic mass is 19.1. The van der Waals surface area contributed by atoms with Crippen molar-refractivity contribution in [3.63, 3.8) is 0 Å². The minimum atomic E-state index is -1.56. The second kappa shape index (κ2) is 8.18. The molecule has 0 saturated carbocycles. The monoisotopic (exact) mass is 469 g/mol. The number of ketones is 1. The number of fused-ring (bicyclic) bond motifs is 5. The summed E-state index contributed by atoms with van der Waals surface area (Å²) >= 11 is 0. The highest BCUT2D eigenvalue weighted by Crippen LogP contribution is 2.56. The summed E-state index contributed by atoms with van der Waals surface area (Å²) in [4.78, 5) is 16.1. The normalized spacial score (nSPS) is 21.3. The molecular formula is C31H20FN3O. The van der Waals surface area contributed by atoms with E-state index in [9.17, 15) is 19.7 Å². The van der Waals surface area contributed by atoms with E-state index in [1.165, 1.54) is 12.1 Å². The number of hydrogen-bond acceptors (Lipinski definition) is 4. The fraction of sp³-hybridized carbons (Fsp3) is 0.129. The van der Waals surface area contributed by atoms with Gasteiger partial charge in [0.25, 0.3) is 0 Å². The maximum atomic E-state index is 14.2. The Labute approximate surface area is 208 Å². The Morgan fingerprint density at radius 3 is 2.28 bits per heavy atom. The minimum absolute atomic E-state index is 0.184. The summed E-state index contributed by atoms with van der Waals surface area (Å²) in [5.74, 6) is -1.40. The second-order valence-electron chi connectivity index (χ2n) is 9.23. The molecule has 0 aliphatic carbocycles. The third kappa shape index (κ3) is 3.00. The summed E-state index contributed by atoms with van der Waals surface area (Å²) in [7, 11) is 0. The standard InChI is InChI=1S/C31H20FN3O/c32-23-13-10-21(11-14-23)28-29(30(36)22-7-2-1-3-8-22)35-26-16-12-20-6-4-5-9-24(20)25(26)15-17-27(35)31(28,18-33)19-34/h1-17,27-29H/t27-,28+,29+/m0/s1. The van der Waals surface area contributed by atoms with Gasteiger partial charge in [-0.15, -0.1) is 0 Å². The van der Waals surface area contributed by atoms with Crippen LogP contribution in [-0.4, -0.2) is 17.9 Å². The third-order valence-electron chi connectivity index (χ3n) is 7.47. The molecular weight excluding hydrogens is 449 g/mol. The molecule has 6 rings (SSSR count). The Bertz CT molecular complexity index is 1600. The van der Waals surface area contributed by atoms with Gasteiger partial charge in [0.05, 0.1) is 18.2 Å². The largest absolute Gasteiger partial charge is 0.351 e. The molecule has 0 radical (unpaired) electrons. The van der Waals surface area contributed by atoms with Crippen LogP contribution < -0.4 is 4.90 Å². The van der Waals surface area contributed by atoms with Crippen LogP contribution in [0, 0.1) is 33.9 Å². The first-order valence-electron chi connectivity index (χ1n) is 11.7. The molecule has 2 aliphatic rings. The zero-order valence-corrected chi connectivity index (χ0v) is 19.2. The van der Waals surface area contributed by atoms with Crippen LogP contribution in [0.5, 0.6) is 0 Å². The van der Waals surface area contributed by atoms with Gasteiger partial charge < -0.3 is 4.90 Å². The number of Topliss-reactive ketones (excluding diaryl/α,β-unsaturated/α-hetero) is 1. The maximum absolute atomic E-state index is 14.2. The summed E-state index contributed by atoms with van der Waals surface area (Å²) in [6.45, 7) is 0. The Balaban J connectivity index is 1.64. The van der Waals surface area contributed by atoms with E-state index in [1.807, 2.05) is 59.5 Å². The van der Waals surface area contributed by atoms with Gasteiger partial charge in [-0.3, -0.25) is 4.79 Å². The number of carbonyl (C=O) groups excluding carboxylic acids is 1. The van der Waals surface area contributed by atoms with Crippen molar-refractivity contribution in [3.8, 4) is 12.1 Å². The van der Waals surface area contributed by atoms with Crippen LogP contribution in [0.1, 0.15) is 27.4 Å². The van der Waals surface area contributed by atoms with E-state index >= 15 is 0 Å². The van der Waals surface area contributed by atoms with Crippen molar-refractivity contribution in [2.75, 3.05) is 4.90 Å². The number of carbonyl (C=O) groups is 1. The van der Waals surface area contributed by atoms with Crippen molar-refractivity contribution in [2.45, 2.75) is 18.0 Å². The third-order valence-corrected chi connectivity index (χ3v) is 7.47. The highest BCUT2D eigenvalue weighted by Gasteiger charge is 2.63. The maximum Gasteiger partial charge on any atom is 0.185 e. The fourth-order valence-corrected chi connectivity index (χ4v) is 5.86. The molecule has 4 aromatic rings. The summed E-state index contributed by atoms with van der Waals surface area (Å²) in [6, 6.07) is 29.8. The van der Waals surface area contributed by atoms with E-state index in [1.54, 1.807) is 36.4 Å². The van der Waals surface area contributed by atoms with Crippen molar-refractivity contribution < 1.29 is 9.18 Å². The predicted octanol–water partition coefficient (Wildman–Crippen LogP) is 6.26. The van der Waals surface area contributed by atoms with Crippen LogP contribution >= 0.6 is 0 Å². The van der Waals surface area contributed by atoms with Gasteiger partial charge in [-0.1, -0.05) is 84.9 Å². The summed E-state index contributed by atoms with van der Waals surface area (Å²) in [5.41, 5.74) is 1.26. The molecule has 2 heterocycles. The van der Waals surface area contributed by atoms with Gasteiger partial charge in [0.15, 0.2) is 11.2 Å². The molecule has 5 heteroatoms. The van der Waals surface area contributed by atoms with Crippen LogP contribution in [0.2, 0.25) is 0 Å².